The van der Waals surface area contributed by atoms with Crippen molar-refractivity contribution in [3.63, 3.8) is 0 Å². The molecule has 1 aromatic heterocycles. The summed E-state index contributed by atoms with van der Waals surface area (Å²) >= 11 is 6.59. The summed E-state index contributed by atoms with van der Waals surface area (Å²) < 4.78 is 13.1. The lowest BCUT2D eigenvalue weighted by molar-refractivity contribution is 0.0601. The smallest absolute Gasteiger partial charge is 0.338 e. The van der Waals surface area contributed by atoms with Gasteiger partial charge in [0.05, 0.1) is 31.6 Å². The molecule has 0 bridgehead atoms. The fourth-order valence-corrected chi connectivity index (χ4v) is 4.44. The van der Waals surface area contributed by atoms with Crippen LogP contribution in [0.25, 0.3) is 11.1 Å². The number of rotatable bonds is 11. The fourth-order valence-electron chi connectivity index (χ4n) is 4.19. The summed E-state index contributed by atoms with van der Waals surface area (Å²) in [5.41, 5.74) is 5.48. The fraction of sp³-hybridized carbons (Fsp3) is 0.267. The van der Waals surface area contributed by atoms with Gasteiger partial charge in [-0.2, -0.15) is 0 Å². The maximum absolute atomic E-state index is 12.2. The minimum absolute atomic E-state index is 0.344. The van der Waals surface area contributed by atoms with E-state index in [4.69, 9.17) is 21.1 Å². The van der Waals surface area contributed by atoms with Crippen LogP contribution in [-0.4, -0.2) is 22.6 Å². The predicted molar refractivity (Wildman–Crippen MR) is 143 cm³/mol. The molecule has 4 rings (SSSR count). The van der Waals surface area contributed by atoms with E-state index in [-0.39, 0.29) is 5.97 Å². The molecule has 4 aromatic rings. The van der Waals surface area contributed by atoms with Crippen molar-refractivity contribution >= 4 is 17.6 Å². The number of benzene rings is 3. The summed E-state index contributed by atoms with van der Waals surface area (Å²) in [6.07, 6.45) is 2.99. The summed E-state index contributed by atoms with van der Waals surface area (Å²) in [5.74, 6) is 0.628. The Labute approximate surface area is 217 Å². The first-order valence-electron chi connectivity index (χ1n) is 12.2. The average molecular weight is 503 g/mol. The lowest BCUT2D eigenvalue weighted by Gasteiger charge is -2.14. The van der Waals surface area contributed by atoms with Crippen LogP contribution < -0.4 is 0 Å². The van der Waals surface area contributed by atoms with Crippen molar-refractivity contribution < 1.29 is 14.3 Å². The topological polar surface area (TPSA) is 53.4 Å². The highest BCUT2D eigenvalue weighted by Crippen LogP contribution is 2.26. The van der Waals surface area contributed by atoms with Crippen molar-refractivity contribution in [1.82, 2.24) is 9.55 Å². The minimum atomic E-state index is -0.344. The third-order valence-corrected chi connectivity index (χ3v) is 6.45. The van der Waals surface area contributed by atoms with Crippen LogP contribution in [0.1, 0.15) is 52.8 Å². The molecular formula is C30H31ClN2O3. The normalized spacial score (nSPS) is 11.0. The second-order valence-corrected chi connectivity index (χ2v) is 9.03. The Hall–Kier alpha value is -3.41. The van der Waals surface area contributed by atoms with E-state index in [1.54, 1.807) is 6.07 Å². The van der Waals surface area contributed by atoms with E-state index in [9.17, 15) is 4.79 Å². The Bertz CT molecular complexity index is 1280. The van der Waals surface area contributed by atoms with Crippen molar-refractivity contribution in [2.75, 3.05) is 7.11 Å². The number of ether oxygens (including phenoxy) is 2. The molecule has 0 atom stereocenters. The van der Waals surface area contributed by atoms with E-state index in [0.29, 0.717) is 30.5 Å². The third-order valence-electron chi connectivity index (χ3n) is 6.15. The molecule has 5 nitrogen and oxygen atoms in total. The second kappa shape index (κ2) is 12.5. The standard InChI is InChI=1S/C30H31ClN2O3/c1-3-4-14-28-32-29(31)27(21-36-20-23-10-6-5-7-11-23)33(28)19-22-15-17-24(18-16-22)25-12-8-9-13-26(25)30(34)35-2/h5-13,15-18H,3-4,14,19-21H2,1-2H3. The molecule has 1 heterocycles. The molecule has 36 heavy (non-hydrogen) atoms. The largest absolute Gasteiger partial charge is 0.465 e. The zero-order valence-electron chi connectivity index (χ0n) is 20.7. The minimum Gasteiger partial charge on any atom is -0.465 e. The van der Waals surface area contributed by atoms with Gasteiger partial charge in [-0.3, -0.25) is 0 Å². The second-order valence-electron chi connectivity index (χ2n) is 8.67. The van der Waals surface area contributed by atoms with Gasteiger partial charge >= 0.3 is 5.97 Å². The number of aryl methyl sites for hydroxylation is 1. The number of hydrogen-bond donors (Lipinski definition) is 0. The van der Waals surface area contributed by atoms with Crippen LogP contribution in [0.4, 0.5) is 0 Å². The maximum Gasteiger partial charge on any atom is 0.338 e. The average Bonchev–Trinajstić information content (AvgIpc) is 3.21. The molecular weight excluding hydrogens is 472 g/mol. The lowest BCUT2D eigenvalue weighted by atomic mass is 9.98. The van der Waals surface area contributed by atoms with Gasteiger partial charge in [-0.1, -0.05) is 97.7 Å². The Morgan fingerprint density at radius 1 is 0.917 bits per heavy atom. The Kier molecular flexibility index (Phi) is 8.93. The van der Waals surface area contributed by atoms with E-state index in [1.807, 2.05) is 60.7 Å². The Morgan fingerprint density at radius 2 is 1.64 bits per heavy atom. The molecule has 6 heteroatoms. The number of hydrogen-bond acceptors (Lipinski definition) is 4. The van der Waals surface area contributed by atoms with Crippen molar-refractivity contribution in [2.45, 2.75) is 45.9 Å². The molecule has 186 valence electrons. The molecule has 0 aliphatic rings. The van der Waals surface area contributed by atoms with Crippen molar-refractivity contribution in [3.8, 4) is 11.1 Å². The molecule has 0 saturated heterocycles. The summed E-state index contributed by atoms with van der Waals surface area (Å²) in [7, 11) is 1.40. The van der Waals surface area contributed by atoms with E-state index in [0.717, 1.165) is 53.0 Å². The van der Waals surface area contributed by atoms with Crippen LogP contribution in [0.2, 0.25) is 5.15 Å². The first kappa shape index (κ1) is 25.7. The van der Waals surface area contributed by atoms with Gasteiger partial charge in [0, 0.05) is 13.0 Å². The molecule has 0 radical (unpaired) electrons. The van der Waals surface area contributed by atoms with Gasteiger partial charge in [-0.25, -0.2) is 9.78 Å². The van der Waals surface area contributed by atoms with E-state index in [2.05, 4.69) is 28.6 Å². The molecule has 0 spiro atoms. The van der Waals surface area contributed by atoms with Gasteiger partial charge in [0.15, 0.2) is 5.15 Å². The first-order chi connectivity index (χ1) is 17.6. The summed E-state index contributed by atoms with van der Waals surface area (Å²) in [6.45, 7) is 3.71. The first-order valence-corrected chi connectivity index (χ1v) is 12.6. The van der Waals surface area contributed by atoms with Gasteiger partial charge in [-0.15, -0.1) is 0 Å². The molecule has 0 aliphatic carbocycles. The van der Waals surface area contributed by atoms with Crippen molar-refractivity contribution in [3.05, 3.63) is 112 Å². The molecule has 0 unspecified atom stereocenters. The van der Waals surface area contributed by atoms with Gasteiger partial charge < -0.3 is 14.0 Å². The van der Waals surface area contributed by atoms with Crippen molar-refractivity contribution in [2.24, 2.45) is 0 Å². The van der Waals surface area contributed by atoms with Crippen LogP contribution in [0, 0.1) is 0 Å². The number of imidazole rings is 1. The zero-order chi connectivity index (χ0) is 25.3. The summed E-state index contributed by atoms with van der Waals surface area (Å²) in [5, 5.41) is 0.498. The number of halogens is 1. The number of carbonyl (C=O) groups excluding carboxylic acids is 1. The van der Waals surface area contributed by atoms with Gasteiger partial charge in [-0.05, 0) is 34.7 Å². The number of aromatic nitrogens is 2. The molecule has 0 fully saturated rings. The molecule has 0 aliphatic heterocycles. The quantitative estimate of drug-likeness (QED) is 0.205. The van der Waals surface area contributed by atoms with Crippen LogP contribution in [0.15, 0.2) is 78.9 Å². The van der Waals surface area contributed by atoms with Crippen molar-refractivity contribution in [1.29, 1.82) is 0 Å². The highest BCUT2D eigenvalue weighted by molar-refractivity contribution is 6.30. The van der Waals surface area contributed by atoms with Gasteiger partial charge in [0.2, 0.25) is 0 Å². The van der Waals surface area contributed by atoms with Crippen LogP contribution >= 0.6 is 11.6 Å². The highest BCUT2D eigenvalue weighted by Gasteiger charge is 2.17. The van der Waals surface area contributed by atoms with E-state index < -0.39 is 0 Å². The highest BCUT2D eigenvalue weighted by atomic mass is 35.5. The number of carbonyl (C=O) groups is 1. The summed E-state index contributed by atoms with van der Waals surface area (Å²) in [6, 6.07) is 25.8. The monoisotopic (exact) mass is 502 g/mol. The lowest BCUT2D eigenvalue weighted by Crippen LogP contribution is -2.10. The zero-order valence-corrected chi connectivity index (χ0v) is 21.5. The molecule has 0 amide bonds. The number of esters is 1. The third kappa shape index (κ3) is 6.23. The van der Waals surface area contributed by atoms with Crippen LogP contribution in [-0.2, 0) is 35.7 Å². The predicted octanol–water partition coefficient (Wildman–Crippen LogP) is 7.10. The molecule has 3 aromatic carbocycles. The summed E-state index contributed by atoms with van der Waals surface area (Å²) in [4.78, 5) is 16.9. The van der Waals surface area contributed by atoms with Crippen LogP contribution in [0.5, 0.6) is 0 Å². The number of unbranched alkanes of at least 4 members (excludes halogenated alkanes) is 1. The van der Waals surface area contributed by atoms with E-state index in [1.165, 1.54) is 7.11 Å². The van der Waals surface area contributed by atoms with Crippen LogP contribution in [0.3, 0.4) is 0 Å². The maximum atomic E-state index is 12.2. The SMILES string of the molecule is CCCCc1nc(Cl)c(COCc2ccccc2)n1Cc1ccc(-c2ccccc2C(=O)OC)cc1. The number of nitrogens with zero attached hydrogens (tertiary/aromatic N) is 2. The molecule has 0 saturated carbocycles. The van der Waals surface area contributed by atoms with Gasteiger partial charge in [0.25, 0.3) is 0 Å². The van der Waals surface area contributed by atoms with Gasteiger partial charge in [0.1, 0.15) is 5.82 Å². The van der Waals surface area contributed by atoms with E-state index >= 15 is 0 Å². The molecule has 0 N–H and O–H groups in total. The number of methoxy groups -OCH3 is 1. The Balaban J connectivity index is 1.55. The Morgan fingerprint density at radius 3 is 2.36 bits per heavy atom.